The zero-order valence-electron chi connectivity index (χ0n) is 23.2. The fourth-order valence-corrected chi connectivity index (χ4v) is 5.50. The summed E-state index contributed by atoms with van der Waals surface area (Å²) in [6.07, 6.45) is 4.04. The molecular formula is C33H32N2O5S. The SMILES string of the molecule is CCOC(=O)C1=C(O)/C(=C/c2cn(CCOc3ccc(OC(C)C)cc3)c3ccccc23)SC1=Nc1ccccc1. The molecule has 2 heterocycles. The third-order valence-electron chi connectivity index (χ3n) is 6.26. The van der Waals surface area contributed by atoms with Crippen LogP contribution in [0.3, 0.4) is 0 Å². The van der Waals surface area contributed by atoms with Crippen LogP contribution in [0.1, 0.15) is 26.3 Å². The van der Waals surface area contributed by atoms with Crippen molar-refractivity contribution in [1.29, 1.82) is 0 Å². The molecule has 0 aliphatic carbocycles. The van der Waals surface area contributed by atoms with E-state index in [-0.39, 0.29) is 24.0 Å². The summed E-state index contributed by atoms with van der Waals surface area (Å²) in [5, 5.41) is 12.6. The van der Waals surface area contributed by atoms with Gasteiger partial charge in [0.2, 0.25) is 0 Å². The summed E-state index contributed by atoms with van der Waals surface area (Å²) in [6, 6.07) is 25.0. The lowest BCUT2D eigenvalue weighted by molar-refractivity contribution is -0.138. The van der Waals surface area contributed by atoms with Gasteiger partial charge in [0.05, 0.1) is 29.8 Å². The van der Waals surface area contributed by atoms with Gasteiger partial charge in [-0.2, -0.15) is 0 Å². The first kappa shape index (κ1) is 28.1. The number of rotatable bonds is 10. The van der Waals surface area contributed by atoms with Gasteiger partial charge in [0.25, 0.3) is 0 Å². The average Bonchev–Trinajstić information content (AvgIpc) is 3.46. The molecule has 0 saturated carbocycles. The van der Waals surface area contributed by atoms with E-state index in [0.29, 0.717) is 28.8 Å². The lowest BCUT2D eigenvalue weighted by Gasteiger charge is -2.11. The molecule has 0 atom stereocenters. The minimum atomic E-state index is -0.598. The van der Waals surface area contributed by atoms with Crippen molar-refractivity contribution >= 4 is 45.4 Å². The van der Waals surface area contributed by atoms with Crippen molar-refractivity contribution in [3.05, 3.63) is 107 Å². The number of thioether (sulfide) groups is 1. The van der Waals surface area contributed by atoms with E-state index in [9.17, 15) is 9.90 Å². The Labute approximate surface area is 243 Å². The van der Waals surface area contributed by atoms with Gasteiger partial charge in [-0.3, -0.25) is 0 Å². The monoisotopic (exact) mass is 568 g/mol. The Balaban J connectivity index is 1.40. The molecule has 1 N–H and O–H groups in total. The third kappa shape index (κ3) is 6.66. The number of nitrogens with zero attached hydrogens (tertiary/aromatic N) is 2. The van der Waals surface area contributed by atoms with Gasteiger partial charge < -0.3 is 23.9 Å². The summed E-state index contributed by atoms with van der Waals surface area (Å²) >= 11 is 1.25. The van der Waals surface area contributed by atoms with Crippen LogP contribution in [0.2, 0.25) is 0 Å². The van der Waals surface area contributed by atoms with Gasteiger partial charge in [0.1, 0.15) is 34.5 Å². The van der Waals surface area contributed by atoms with Crippen molar-refractivity contribution in [2.75, 3.05) is 13.2 Å². The van der Waals surface area contributed by atoms with E-state index in [1.807, 2.05) is 98.9 Å². The fourth-order valence-electron chi connectivity index (χ4n) is 4.48. The van der Waals surface area contributed by atoms with Crippen molar-refractivity contribution < 1.29 is 24.1 Å². The lowest BCUT2D eigenvalue weighted by Crippen LogP contribution is -2.12. The van der Waals surface area contributed by atoms with Crippen molar-refractivity contribution in [3.63, 3.8) is 0 Å². The molecule has 7 nitrogen and oxygen atoms in total. The lowest BCUT2D eigenvalue weighted by atomic mass is 10.1. The number of aliphatic imine (C=N–C) groups is 1. The minimum Gasteiger partial charge on any atom is -0.506 e. The summed E-state index contributed by atoms with van der Waals surface area (Å²) in [4.78, 5) is 17.9. The second-order valence-corrected chi connectivity index (χ2v) is 10.6. The normalized spacial score (nSPS) is 15.3. The van der Waals surface area contributed by atoms with Crippen LogP contribution in [0.5, 0.6) is 11.5 Å². The first-order valence-electron chi connectivity index (χ1n) is 13.5. The summed E-state index contributed by atoms with van der Waals surface area (Å²) in [7, 11) is 0. The average molecular weight is 569 g/mol. The molecule has 3 aromatic carbocycles. The van der Waals surface area contributed by atoms with Crippen molar-refractivity contribution in [3.8, 4) is 11.5 Å². The molecule has 210 valence electrons. The first-order chi connectivity index (χ1) is 19.9. The maximum atomic E-state index is 12.8. The quantitative estimate of drug-likeness (QED) is 0.197. The van der Waals surface area contributed by atoms with E-state index in [1.165, 1.54) is 11.8 Å². The number of fused-ring (bicyclic) bond motifs is 1. The predicted molar refractivity (Wildman–Crippen MR) is 165 cm³/mol. The van der Waals surface area contributed by atoms with Crippen LogP contribution >= 0.6 is 11.8 Å². The molecule has 1 aliphatic heterocycles. The Hall–Kier alpha value is -4.43. The molecule has 0 amide bonds. The zero-order chi connectivity index (χ0) is 28.8. The molecular weight excluding hydrogens is 536 g/mol. The zero-order valence-corrected chi connectivity index (χ0v) is 24.1. The number of aromatic nitrogens is 1. The number of benzene rings is 3. The van der Waals surface area contributed by atoms with Crippen LogP contribution in [0, 0.1) is 0 Å². The topological polar surface area (TPSA) is 82.3 Å². The van der Waals surface area contributed by atoms with E-state index in [2.05, 4.69) is 15.6 Å². The summed E-state index contributed by atoms with van der Waals surface area (Å²) < 4.78 is 19.1. The van der Waals surface area contributed by atoms with Gasteiger partial charge >= 0.3 is 5.97 Å². The van der Waals surface area contributed by atoms with E-state index in [4.69, 9.17) is 14.2 Å². The highest BCUT2D eigenvalue weighted by atomic mass is 32.2. The Morgan fingerprint density at radius 3 is 2.44 bits per heavy atom. The van der Waals surface area contributed by atoms with Gasteiger partial charge in [-0.25, -0.2) is 9.79 Å². The highest BCUT2D eigenvalue weighted by Crippen LogP contribution is 2.41. The number of aliphatic hydroxyl groups is 1. The van der Waals surface area contributed by atoms with Crippen molar-refractivity contribution in [2.24, 2.45) is 4.99 Å². The van der Waals surface area contributed by atoms with Crippen LogP contribution in [0.15, 0.2) is 106 Å². The molecule has 0 fully saturated rings. The smallest absolute Gasteiger partial charge is 0.344 e. The van der Waals surface area contributed by atoms with Crippen molar-refractivity contribution in [1.82, 2.24) is 4.57 Å². The van der Waals surface area contributed by atoms with Gasteiger partial charge in [-0.15, -0.1) is 0 Å². The van der Waals surface area contributed by atoms with E-state index in [0.717, 1.165) is 28.0 Å². The highest BCUT2D eigenvalue weighted by molar-refractivity contribution is 8.18. The number of hydrogen-bond donors (Lipinski definition) is 1. The summed E-state index contributed by atoms with van der Waals surface area (Å²) in [5.41, 5.74) is 2.71. The molecule has 8 heteroatoms. The maximum Gasteiger partial charge on any atom is 0.344 e. The van der Waals surface area contributed by atoms with Gasteiger partial charge in [0.15, 0.2) is 0 Å². The van der Waals surface area contributed by atoms with Gasteiger partial charge in [-0.1, -0.05) is 48.2 Å². The van der Waals surface area contributed by atoms with Gasteiger partial charge in [-0.05, 0) is 69.3 Å². The van der Waals surface area contributed by atoms with Crippen molar-refractivity contribution in [2.45, 2.75) is 33.4 Å². The number of esters is 1. The van der Waals surface area contributed by atoms with E-state index >= 15 is 0 Å². The number of hydrogen-bond acceptors (Lipinski definition) is 7. The Morgan fingerprint density at radius 2 is 1.71 bits per heavy atom. The number of carbonyl (C=O) groups is 1. The first-order valence-corrected chi connectivity index (χ1v) is 14.4. The standard InChI is InChI=1S/C33H32N2O5S/c1-4-38-33(37)30-31(36)29(41-32(30)34-24-10-6-5-7-11-24)20-23-21-35(28-13-9-8-12-27(23)28)18-19-39-25-14-16-26(17-15-25)40-22(2)3/h5-17,20-22,36H,4,18-19H2,1-3H3/b29-20-,34-32?. The maximum absolute atomic E-state index is 12.8. The molecule has 1 aromatic heterocycles. The van der Waals surface area contributed by atoms with Crippen LogP contribution in [0.4, 0.5) is 5.69 Å². The Kier molecular flexibility index (Phi) is 8.79. The fraction of sp³-hybridized carbons (Fsp3) is 0.212. The second kappa shape index (κ2) is 12.8. The summed E-state index contributed by atoms with van der Waals surface area (Å²) in [6.45, 7) is 7.02. The number of ether oxygens (including phenoxy) is 3. The molecule has 0 unspecified atom stereocenters. The van der Waals surface area contributed by atoms with Crippen LogP contribution in [0.25, 0.3) is 17.0 Å². The second-order valence-electron chi connectivity index (χ2n) is 9.59. The largest absolute Gasteiger partial charge is 0.506 e. The molecule has 5 rings (SSSR count). The molecule has 0 saturated heterocycles. The molecule has 0 radical (unpaired) electrons. The predicted octanol–water partition coefficient (Wildman–Crippen LogP) is 7.70. The molecule has 0 spiro atoms. The highest BCUT2D eigenvalue weighted by Gasteiger charge is 2.33. The minimum absolute atomic E-state index is 0.0777. The Bertz CT molecular complexity index is 1620. The number of para-hydroxylation sites is 2. The van der Waals surface area contributed by atoms with E-state index in [1.54, 1.807) is 6.92 Å². The molecule has 1 aliphatic rings. The Morgan fingerprint density at radius 1 is 1.00 bits per heavy atom. The molecule has 41 heavy (non-hydrogen) atoms. The van der Waals surface area contributed by atoms with Crippen LogP contribution in [-0.2, 0) is 16.1 Å². The van der Waals surface area contributed by atoms with E-state index < -0.39 is 5.97 Å². The molecule has 0 bridgehead atoms. The third-order valence-corrected chi connectivity index (χ3v) is 7.28. The summed E-state index contributed by atoms with van der Waals surface area (Å²) in [5.74, 6) is 0.854. The number of aliphatic hydroxyl groups excluding tert-OH is 1. The van der Waals surface area contributed by atoms with Crippen LogP contribution < -0.4 is 9.47 Å². The van der Waals surface area contributed by atoms with Crippen LogP contribution in [-0.4, -0.2) is 40.0 Å². The number of carbonyl (C=O) groups excluding carboxylic acids is 1. The van der Waals surface area contributed by atoms with Gasteiger partial charge in [0, 0.05) is 22.7 Å². The molecule has 4 aromatic rings.